The number of carbonyl (C=O) groups is 2. The molecule has 36 heavy (non-hydrogen) atoms. The summed E-state index contributed by atoms with van der Waals surface area (Å²) < 4.78 is 44.1. The van der Waals surface area contributed by atoms with Gasteiger partial charge in [0.2, 0.25) is 5.91 Å². The Balaban J connectivity index is 1.53. The van der Waals surface area contributed by atoms with Gasteiger partial charge in [0.05, 0.1) is 11.3 Å². The van der Waals surface area contributed by atoms with E-state index in [2.05, 4.69) is 15.6 Å². The summed E-state index contributed by atoms with van der Waals surface area (Å²) in [4.78, 5) is 28.5. The summed E-state index contributed by atoms with van der Waals surface area (Å²) in [5, 5.41) is 7.98. The Morgan fingerprint density at radius 2 is 1.67 bits per heavy atom. The molecule has 0 fully saturated rings. The minimum absolute atomic E-state index is 0.165. The standard InChI is InChI=1S/C26H28F3N3O3S/c1-25(2,3)35-23(34)13-5-4-12-22(33)30-19-10-6-8-17(14-19)21-16-36-24(32-21)31-20-11-7-9-18(15-20)26(27,28)29/h6-11,14-16H,4-5,12-13H2,1-3H3,(H,30,33)(H,31,32). The second-order valence-corrected chi connectivity index (χ2v) is 10.0. The number of carbonyl (C=O) groups excluding carboxylic acids is 2. The Hall–Kier alpha value is -3.40. The first kappa shape index (κ1) is 27.2. The molecule has 0 spiro atoms. The van der Waals surface area contributed by atoms with E-state index >= 15 is 0 Å². The van der Waals surface area contributed by atoms with Crippen molar-refractivity contribution >= 4 is 39.7 Å². The van der Waals surface area contributed by atoms with Crippen molar-refractivity contribution in [3.8, 4) is 11.3 Å². The number of alkyl halides is 3. The minimum Gasteiger partial charge on any atom is -0.460 e. The molecule has 1 amide bonds. The molecule has 0 saturated carbocycles. The molecule has 192 valence electrons. The van der Waals surface area contributed by atoms with E-state index in [0.29, 0.717) is 35.0 Å². The van der Waals surface area contributed by atoms with E-state index in [0.717, 1.165) is 17.7 Å². The van der Waals surface area contributed by atoms with Crippen LogP contribution in [0.3, 0.4) is 0 Å². The fraction of sp³-hybridized carbons (Fsp3) is 0.346. The van der Waals surface area contributed by atoms with Crippen molar-refractivity contribution in [3.63, 3.8) is 0 Å². The Morgan fingerprint density at radius 3 is 2.39 bits per heavy atom. The van der Waals surface area contributed by atoms with Crippen LogP contribution in [0.25, 0.3) is 11.3 Å². The number of halogens is 3. The number of esters is 1. The molecule has 1 aromatic heterocycles. The zero-order chi connectivity index (χ0) is 26.3. The first-order valence-electron chi connectivity index (χ1n) is 11.4. The SMILES string of the molecule is CC(C)(C)OC(=O)CCCCC(=O)Nc1cccc(-c2csc(Nc3cccc(C(F)(F)F)c3)n2)c1. The monoisotopic (exact) mass is 519 g/mol. The number of benzene rings is 2. The van der Waals surface area contributed by atoms with E-state index in [9.17, 15) is 22.8 Å². The number of anilines is 3. The maximum Gasteiger partial charge on any atom is 0.416 e. The summed E-state index contributed by atoms with van der Waals surface area (Å²) in [6.07, 6.45) is -2.77. The summed E-state index contributed by atoms with van der Waals surface area (Å²) >= 11 is 1.26. The van der Waals surface area contributed by atoms with Crippen LogP contribution in [0.1, 0.15) is 52.0 Å². The second-order valence-electron chi connectivity index (χ2n) is 9.16. The lowest BCUT2D eigenvalue weighted by atomic mass is 10.1. The number of amides is 1. The number of nitrogens with one attached hydrogen (secondary N) is 2. The van der Waals surface area contributed by atoms with Gasteiger partial charge < -0.3 is 15.4 Å². The topological polar surface area (TPSA) is 80.3 Å². The molecule has 0 atom stereocenters. The van der Waals surface area contributed by atoms with E-state index in [-0.39, 0.29) is 24.7 Å². The number of thiazole rings is 1. The van der Waals surface area contributed by atoms with Gasteiger partial charge >= 0.3 is 12.1 Å². The van der Waals surface area contributed by atoms with Crippen molar-refractivity contribution in [2.45, 2.75) is 58.2 Å². The van der Waals surface area contributed by atoms with Crippen LogP contribution >= 0.6 is 11.3 Å². The molecule has 1 heterocycles. The molecular weight excluding hydrogens is 491 g/mol. The van der Waals surface area contributed by atoms with Gasteiger partial charge in [0.1, 0.15) is 5.60 Å². The number of nitrogens with zero attached hydrogens (tertiary/aromatic N) is 1. The van der Waals surface area contributed by atoms with Crippen molar-refractivity contribution in [2.75, 3.05) is 10.6 Å². The van der Waals surface area contributed by atoms with E-state index < -0.39 is 17.3 Å². The third-order valence-corrected chi connectivity index (χ3v) is 5.60. The Labute approximate surface area is 211 Å². The summed E-state index contributed by atoms with van der Waals surface area (Å²) in [5.74, 6) is -0.442. The van der Waals surface area contributed by atoms with E-state index in [1.165, 1.54) is 17.4 Å². The van der Waals surface area contributed by atoms with Gasteiger partial charge in [0.25, 0.3) is 0 Å². The van der Waals surface area contributed by atoms with Gasteiger partial charge in [-0.2, -0.15) is 13.2 Å². The number of unbranched alkanes of at least 4 members (excludes halogenated alkanes) is 1. The van der Waals surface area contributed by atoms with Gasteiger partial charge in [0.15, 0.2) is 5.13 Å². The number of aromatic nitrogens is 1. The minimum atomic E-state index is -4.42. The van der Waals surface area contributed by atoms with Crippen LogP contribution in [0.4, 0.5) is 29.7 Å². The molecule has 0 radical (unpaired) electrons. The lowest BCUT2D eigenvalue weighted by Crippen LogP contribution is -2.23. The normalized spacial score (nSPS) is 11.7. The van der Waals surface area contributed by atoms with E-state index in [4.69, 9.17) is 4.74 Å². The highest BCUT2D eigenvalue weighted by molar-refractivity contribution is 7.14. The highest BCUT2D eigenvalue weighted by atomic mass is 32.1. The highest BCUT2D eigenvalue weighted by Crippen LogP contribution is 2.33. The largest absolute Gasteiger partial charge is 0.460 e. The highest BCUT2D eigenvalue weighted by Gasteiger charge is 2.30. The first-order chi connectivity index (χ1) is 16.9. The predicted molar refractivity (Wildman–Crippen MR) is 135 cm³/mol. The van der Waals surface area contributed by atoms with Crippen LogP contribution < -0.4 is 10.6 Å². The summed E-state index contributed by atoms with van der Waals surface area (Å²) in [5.41, 5.74) is 1.02. The van der Waals surface area contributed by atoms with Crippen LogP contribution in [-0.4, -0.2) is 22.5 Å². The Bertz CT molecular complexity index is 1200. The maximum absolute atomic E-state index is 12.9. The number of hydrogen-bond donors (Lipinski definition) is 2. The molecule has 10 heteroatoms. The van der Waals surface area contributed by atoms with Gasteiger partial charge in [-0.1, -0.05) is 18.2 Å². The third kappa shape index (κ3) is 8.67. The molecule has 0 aliphatic heterocycles. The quantitative estimate of drug-likeness (QED) is 0.227. The third-order valence-electron chi connectivity index (χ3n) is 4.84. The number of rotatable bonds is 9. The number of hydrogen-bond acceptors (Lipinski definition) is 6. The van der Waals surface area contributed by atoms with Crippen LogP contribution in [0.2, 0.25) is 0 Å². The molecule has 0 aliphatic carbocycles. The summed E-state index contributed by atoms with van der Waals surface area (Å²) in [6.45, 7) is 5.43. The fourth-order valence-corrected chi connectivity index (χ4v) is 4.03. The zero-order valence-electron chi connectivity index (χ0n) is 20.2. The smallest absolute Gasteiger partial charge is 0.416 e. The molecule has 0 saturated heterocycles. The lowest BCUT2D eigenvalue weighted by molar-refractivity contribution is -0.155. The summed E-state index contributed by atoms with van der Waals surface area (Å²) in [6, 6.07) is 12.1. The average molecular weight is 520 g/mol. The molecule has 6 nitrogen and oxygen atoms in total. The molecule has 0 unspecified atom stereocenters. The fourth-order valence-electron chi connectivity index (χ4n) is 3.29. The van der Waals surface area contributed by atoms with Gasteiger partial charge in [-0.25, -0.2) is 4.98 Å². The van der Waals surface area contributed by atoms with Crippen LogP contribution in [0.15, 0.2) is 53.9 Å². The van der Waals surface area contributed by atoms with E-state index in [1.54, 1.807) is 29.6 Å². The maximum atomic E-state index is 12.9. The molecule has 0 bridgehead atoms. The lowest BCUT2D eigenvalue weighted by Gasteiger charge is -2.19. The molecule has 2 aromatic carbocycles. The predicted octanol–water partition coefficient (Wildman–Crippen LogP) is 7.41. The molecule has 2 N–H and O–H groups in total. The second kappa shape index (κ2) is 11.6. The van der Waals surface area contributed by atoms with Crippen molar-refractivity contribution < 1.29 is 27.5 Å². The average Bonchev–Trinajstić information content (AvgIpc) is 3.24. The molecule has 3 rings (SSSR count). The van der Waals surface area contributed by atoms with Crippen molar-refractivity contribution in [3.05, 3.63) is 59.5 Å². The van der Waals surface area contributed by atoms with Crippen molar-refractivity contribution in [1.82, 2.24) is 4.98 Å². The van der Waals surface area contributed by atoms with Gasteiger partial charge in [-0.3, -0.25) is 9.59 Å². The molecule has 3 aromatic rings. The first-order valence-corrected chi connectivity index (χ1v) is 12.3. The molecule has 0 aliphatic rings. The van der Waals surface area contributed by atoms with Gasteiger partial charge in [0, 0.05) is 35.2 Å². The summed E-state index contributed by atoms with van der Waals surface area (Å²) in [7, 11) is 0. The van der Waals surface area contributed by atoms with E-state index in [1.807, 2.05) is 26.8 Å². The van der Waals surface area contributed by atoms with Crippen LogP contribution in [-0.2, 0) is 20.5 Å². The van der Waals surface area contributed by atoms with Crippen LogP contribution in [0, 0.1) is 0 Å². The zero-order valence-corrected chi connectivity index (χ0v) is 21.1. The molecular formula is C26H28F3N3O3S. The Kier molecular flexibility index (Phi) is 8.73. The number of ether oxygens (including phenoxy) is 1. The van der Waals surface area contributed by atoms with Gasteiger partial charge in [-0.15, -0.1) is 11.3 Å². The van der Waals surface area contributed by atoms with Crippen molar-refractivity contribution in [1.29, 1.82) is 0 Å². The Morgan fingerprint density at radius 1 is 0.972 bits per heavy atom. The van der Waals surface area contributed by atoms with Gasteiger partial charge in [-0.05, 0) is 63.9 Å². The van der Waals surface area contributed by atoms with Crippen LogP contribution in [0.5, 0.6) is 0 Å². The van der Waals surface area contributed by atoms with Crippen molar-refractivity contribution in [2.24, 2.45) is 0 Å².